The van der Waals surface area contributed by atoms with E-state index in [-0.39, 0.29) is 18.5 Å². The van der Waals surface area contributed by atoms with Crippen LogP contribution in [0, 0.1) is 0 Å². The molecule has 1 atom stereocenters. The summed E-state index contributed by atoms with van der Waals surface area (Å²) in [5.74, 6) is 2.28. The summed E-state index contributed by atoms with van der Waals surface area (Å²) in [7, 11) is 1.84. The molecule has 1 heterocycles. The van der Waals surface area contributed by atoms with Crippen molar-refractivity contribution in [2.24, 2.45) is 0 Å². The zero-order valence-electron chi connectivity index (χ0n) is 16.6. The van der Waals surface area contributed by atoms with Gasteiger partial charge in [0.05, 0.1) is 25.8 Å². The van der Waals surface area contributed by atoms with Crippen molar-refractivity contribution >= 4 is 11.6 Å². The third-order valence-electron chi connectivity index (χ3n) is 4.04. The molecule has 8 nitrogen and oxygen atoms in total. The second-order valence-electron chi connectivity index (χ2n) is 6.07. The molecule has 1 amide bonds. The van der Waals surface area contributed by atoms with Crippen LogP contribution in [0.4, 0.5) is 5.69 Å². The van der Waals surface area contributed by atoms with Crippen molar-refractivity contribution in [3.63, 3.8) is 0 Å². The van der Waals surface area contributed by atoms with Crippen molar-refractivity contribution in [3.8, 4) is 11.5 Å². The lowest BCUT2D eigenvalue weighted by Crippen LogP contribution is -2.32. The number of rotatable bonds is 10. The largest absolute Gasteiger partial charge is 0.490 e. The molecule has 1 unspecified atom stereocenters. The quantitative estimate of drug-likeness (QED) is 0.681. The third kappa shape index (κ3) is 5.68. The van der Waals surface area contributed by atoms with Crippen molar-refractivity contribution < 1.29 is 18.8 Å². The summed E-state index contributed by atoms with van der Waals surface area (Å²) < 4.78 is 16.4. The Kier molecular flexibility index (Phi) is 7.60. The summed E-state index contributed by atoms with van der Waals surface area (Å²) in [6, 6.07) is 5.19. The molecular weight excluding hydrogens is 348 g/mol. The number of hydrogen-bond acceptors (Lipinski definition) is 7. The normalized spacial score (nSPS) is 12.1. The molecular formula is C19H28N4O4. The SMILES string of the molecule is CCOc1ccc(NC(=O)CN(C)C(C)c2nc(CC)no2)cc1OCC. The lowest BCUT2D eigenvalue weighted by atomic mass is 10.2. The van der Waals surface area contributed by atoms with Crippen LogP contribution in [-0.4, -0.2) is 47.8 Å². The van der Waals surface area contributed by atoms with Crippen molar-refractivity contribution in [1.82, 2.24) is 15.0 Å². The lowest BCUT2D eigenvalue weighted by Gasteiger charge is -2.21. The van der Waals surface area contributed by atoms with Crippen LogP contribution in [0.1, 0.15) is 45.5 Å². The average Bonchev–Trinajstić information content (AvgIpc) is 3.12. The molecule has 8 heteroatoms. The van der Waals surface area contributed by atoms with Gasteiger partial charge in [0.25, 0.3) is 0 Å². The zero-order chi connectivity index (χ0) is 19.8. The number of nitrogens with one attached hydrogen (secondary N) is 1. The molecule has 0 aliphatic rings. The van der Waals surface area contributed by atoms with E-state index >= 15 is 0 Å². The zero-order valence-corrected chi connectivity index (χ0v) is 16.6. The topological polar surface area (TPSA) is 89.7 Å². The monoisotopic (exact) mass is 376 g/mol. The molecule has 0 saturated carbocycles. The van der Waals surface area contributed by atoms with Crippen LogP contribution < -0.4 is 14.8 Å². The number of hydrogen-bond donors (Lipinski definition) is 1. The van der Waals surface area contributed by atoms with Crippen molar-refractivity contribution in [1.29, 1.82) is 0 Å². The highest BCUT2D eigenvalue weighted by molar-refractivity contribution is 5.92. The van der Waals surface area contributed by atoms with E-state index in [2.05, 4.69) is 15.5 Å². The molecule has 148 valence electrons. The summed E-state index contributed by atoms with van der Waals surface area (Å²) in [5, 5.41) is 6.78. The van der Waals surface area contributed by atoms with Crippen LogP contribution in [0.2, 0.25) is 0 Å². The fourth-order valence-electron chi connectivity index (χ4n) is 2.46. The van der Waals surface area contributed by atoms with E-state index in [0.29, 0.717) is 48.5 Å². The highest BCUT2D eigenvalue weighted by atomic mass is 16.5. The van der Waals surface area contributed by atoms with Crippen molar-refractivity contribution in [2.45, 2.75) is 40.2 Å². The Hall–Kier alpha value is -2.61. The van der Waals surface area contributed by atoms with Crippen LogP contribution >= 0.6 is 0 Å². The van der Waals surface area contributed by atoms with Gasteiger partial charge in [-0.05, 0) is 40.0 Å². The van der Waals surface area contributed by atoms with Crippen LogP contribution in [0.3, 0.4) is 0 Å². The number of benzene rings is 1. The van der Waals surface area contributed by atoms with E-state index in [1.54, 1.807) is 18.2 Å². The number of anilines is 1. The molecule has 27 heavy (non-hydrogen) atoms. The Balaban J connectivity index is 1.98. The minimum absolute atomic E-state index is 0.147. The van der Waals surface area contributed by atoms with Gasteiger partial charge in [-0.15, -0.1) is 0 Å². The van der Waals surface area contributed by atoms with E-state index in [1.165, 1.54) is 0 Å². The lowest BCUT2D eigenvalue weighted by molar-refractivity contribution is -0.117. The van der Waals surface area contributed by atoms with E-state index in [0.717, 1.165) is 0 Å². The van der Waals surface area contributed by atoms with Gasteiger partial charge in [0.15, 0.2) is 17.3 Å². The molecule has 0 aliphatic carbocycles. The molecule has 0 spiro atoms. The van der Waals surface area contributed by atoms with Crippen molar-refractivity contribution in [2.75, 3.05) is 32.1 Å². The van der Waals surface area contributed by atoms with E-state index < -0.39 is 0 Å². The summed E-state index contributed by atoms with van der Waals surface area (Å²) in [4.78, 5) is 18.6. The molecule has 2 aromatic rings. The first-order valence-electron chi connectivity index (χ1n) is 9.20. The fraction of sp³-hybridized carbons (Fsp3) is 0.526. The Morgan fingerprint density at radius 1 is 1.22 bits per heavy atom. The smallest absolute Gasteiger partial charge is 0.243 e. The van der Waals surface area contributed by atoms with Crippen LogP contribution in [0.15, 0.2) is 22.7 Å². The van der Waals surface area contributed by atoms with Gasteiger partial charge in [-0.2, -0.15) is 4.98 Å². The first-order chi connectivity index (χ1) is 13.0. The second kappa shape index (κ2) is 9.91. The van der Waals surface area contributed by atoms with Gasteiger partial charge in [-0.3, -0.25) is 9.69 Å². The van der Waals surface area contributed by atoms with Crippen molar-refractivity contribution in [3.05, 3.63) is 29.9 Å². The molecule has 1 aromatic carbocycles. The van der Waals surface area contributed by atoms with Gasteiger partial charge < -0.3 is 19.3 Å². The molecule has 0 bridgehead atoms. The standard InChI is InChI=1S/C19H28N4O4/c1-6-17-21-19(27-22-17)13(4)23(5)12-18(24)20-14-9-10-15(25-7-2)16(11-14)26-8-3/h9-11,13H,6-8,12H2,1-5H3,(H,20,24). The van der Waals surface area contributed by atoms with E-state index in [9.17, 15) is 4.79 Å². The number of ether oxygens (including phenoxy) is 2. The maximum absolute atomic E-state index is 12.4. The van der Waals surface area contributed by atoms with E-state index in [4.69, 9.17) is 14.0 Å². The van der Waals surface area contributed by atoms with Gasteiger partial charge in [0.2, 0.25) is 11.8 Å². The summed E-state index contributed by atoms with van der Waals surface area (Å²) in [6.45, 7) is 8.94. The highest BCUT2D eigenvalue weighted by Crippen LogP contribution is 2.30. The summed E-state index contributed by atoms with van der Waals surface area (Å²) >= 11 is 0. The molecule has 0 fully saturated rings. The summed E-state index contributed by atoms with van der Waals surface area (Å²) in [5.41, 5.74) is 0.652. The number of carbonyl (C=O) groups excluding carboxylic acids is 1. The fourth-order valence-corrected chi connectivity index (χ4v) is 2.46. The van der Waals surface area contributed by atoms with Gasteiger partial charge in [0.1, 0.15) is 0 Å². The van der Waals surface area contributed by atoms with Gasteiger partial charge in [-0.1, -0.05) is 12.1 Å². The Morgan fingerprint density at radius 3 is 2.56 bits per heavy atom. The Bertz CT molecular complexity index is 747. The predicted molar refractivity (Wildman–Crippen MR) is 102 cm³/mol. The van der Waals surface area contributed by atoms with Gasteiger partial charge >= 0.3 is 0 Å². The first kappa shape index (κ1) is 20.7. The van der Waals surface area contributed by atoms with Crippen LogP contribution in [0.25, 0.3) is 0 Å². The average molecular weight is 376 g/mol. The molecule has 0 aliphatic heterocycles. The first-order valence-corrected chi connectivity index (χ1v) is 9.20. The van der Waals surface area contributed by atoms with Crippen LogP contribution in [0.5, 0.6) is 11.5 Å². The Labute approximate surface area is 159 Å². The highest BCUT2D eigenvalue weighted by Gasteiger charge is 2.20. The number of aryl methyl sites for hydroxylation is 1. The number of nitrogens with zero attached hydrogens (tertiary/aromatic N) is 3. The maximum atomic E-state index is 12.4. The third-order valence-corrected chi connectivity index (χ3v) is 4.04. The summed E-state index contributed by atoms with van der Waals surface area (Å²) in [6.07, 6.45) is 0.709. The molecule has 0 radical (unpaired) electrons. The molecule has 2 rings (SSSR count). The van der Waals surface area contributed by atoms with Gasteiger partial charge in [-0.25, -0.2) is 0 Å². The van der Waals surface area contributed by atoms with Gasteiger partial charge in [0, 0.05) is 18.2 Å². The number of likely N-dealkylation sites (N-methyl/N-ethyl adjacent to an activating group) is 1. The molecule has 1 N–H and O–H groups in total. The minimum atomic E-state index is -0.164. The molecule has 0 saturated heterocycles. The van der Waals surface area contributed by atoms with Crippen LogP contribution in [-0.2, 0) is 11.2 Å². The van der Waals surface area contributed by atoms with E-state index in [1.807, 2.05) is 39.6 Å². The number of amides is 1. The molecule has 1 aromatic heterocycles. The number of aromatic nitrogens is 2. The Morgan fingerprint density at radius 2 is 1.93 bits per heavy atom. The number of carbonyl (C=O) groups is 1. The maximum Gasteiger partial charge on any atom is 0.243 e. The second-order valence-corrected chi connectivity index (χ2v) is 6.07. The predicted octanol–water partition coefficient (Wildman–Crippen LogP) is 3.06. The minimum Gasteiger partial charge on any atom is -0.490 e.